The van der Waals surface area contributed by atoms with Crippen molar-refractivity contribution >= 4 is 11.7 Å². The Bertz CT molecular complexity index is 429. The fourth-order valence-corrected chi connectivity index (χ4v) is 1.29. The molecule has 0 saturated heterocycles. The number of carbonyl (C=O) groups excluding carboxylic acids is 1. The van der Waals surface area contributed by atoms with Crippen molar-refractivity contribution in [2.75, 3.05) is 19.5 Å². The van der Waals surface area contributed by atoms with Gasteiger partial charge in [0.15, 0.2) is 0 Å². The summed E-state index contributed by atoms with van der Waals surface area (Å²) < 4.78 is 10.3. The van der Waals surface area contributed by atoms with Gasteiger partial charge in [-0.1, -0.05) is 0 Å². The summed E-state index contributed by atoms with van der Waals surface area (Å²) in [6.45, 7) is 4.03. The average molecular weight is 253 g/mol. The number of nitrogen functional groups attached to an aromatic ring is 1. The molecule has 0 atom stereocenters. The molecule has 0 heterocycles. The van der Waals surface area contributed by atoms with Gasteiger partial charge in [-0.2, -0.15) is 0 Å². The molecule has 0 aliphatic rings. The van der Waals surface area contributed by atoms with Crippen LogP contribution in [0.25, 0.3) is 0 Å². The van der Waals surface area contributed by atoms with E-state index in [9.17, 15) is 9.90 Å². The van der Waals surface area contributed by atoms with Gasteiger partial charge in [0.05, 0.1) is 12.2 Å². The normalized spacial score (nSPS) is 11.3. The minimum absolute atomic E-state index is 0.111. The van der Waals surface area contributed by atoms with Crippen molar-refractivity contribution in [3.8, 4) is 5.75 Å². The van der Waals surface area contributed by atoms with Gasteiger partial charge in [-0.05, 0) is 26.0 Å². The van der Waals surface area contributed by atoms with Crippen LogP contribution in [0.3, 0.4) is 0 Å². The van der Waals surface area contributed by atoms with Gasteiger partial charge in [0.2, 0.25) is 0 Å². The number of rotatable bonds is 5. The van der Waals surface area contributed by atoms with Gasteiger partial charge in [-0.15, -0.1) is 0 Å². The van der Waals surface area contributed by atoms with E-state index < -0.39 is 5.97 Å². The molecule has 0 unspecified atom stereocenters. The molecular formula is C13H19NO4. The molecule has 3 N–H and O–H groups in total. The minimum atomic E-state index is -0.570. The van der Waals surface area contributed by atoms with E-state index in [2.05, 4.69) is 0 Å². The van der Waals surface area contributed by atoms with Crippen molar-refractivity contribution in [1.29, 1.82) is 0 Å². The zero-order valence-corrected chi connectivity index (χ0v) is 10.9. The monoisotopic (exact) mass is 253 g/mol. The van der Waals surface area contributed by atoms with E-state index in [1.165, 1.54) is 18.2 Å². The van der Waals surface area contributed by atoms with E-state index >= 15 is 0 Å². The number of esters is 1. The van der Waals surface area contributed by atoms with Gasteiger partial charge in [-0.3, -0.25) is 0 Å². The lowest BCUT2D eigenvalue weighted by Crippen LogP contribution is -2.25. The molecule has 1 aromatic carbocycles. The molecule has 18 heavy (non-hydrogen) atoms. The molecule has 0 spiro atoms. The quantitative estimate of drug-likeness (QED) is 0.619. The minimum Gasteiger partial charge on any atom is -0.507 e. The summed E-state index contributed by atoms with van der Waals surface area (Å²) in [5, 5.41) is 9.56. The van der Waals surface area contributed by atoms with Crippen LogP contribution < -0.4 is 5.73 Å². The first-order valence-electron chi connectivity index (χ1n) is 5.66. The van der Waals surface area contributed by atoms with E-state index in [-0.39, 0.29) is 23.5 Å². The molecule has 0 aliphatic carbocycles. The molecule has 0 aromatic heterocycles. The average Bonchev–Trinajstić information content (AvgIpc) is 2.28. The molecule has 5 heteroatoms. The Morgan fingerprint density at radius 1 is 1.44 bits per heavy atom. The van der Waals surface area contributed by atoms with Crippen LogP contribution in [-0.4, -0.2) is 30.4 Å². The number of phenols is 1. The van der Waals surface area contributed by atoms with Crippen LogP contribution in [0.5, 0.6) is 5.75 Å². The second kappa shape index (κ2) is 5.73. The summed E-state index contributed by atoms with van der Waals surface area (Å²) in [5.41, 5.74) is 5.63. The lowest BCUT2D eigenvalue weighted by Gasteiger charge is -2.22. The molecule has 1 rings (SSSR count). The van der Waals surface area contributed by atoms with Crippen LogP contribution in [-0.2, 0) is 9.47 Å². The van der Waals surface area contributed by atoms with Gasteiger partial charge in [0.25, 0.3) is 0 Å². The largest absolute Gasteiger partial charge is 0.507 e. The summed E-state index contributed by atoms with van der Waals surface area (Å²) in [6.07, 6.45) is 0.574. The van der Waals surface area contributed by atoms with Gasteiger partial charge in [-0.25, -0.2) is 4.79 Å². The number of carbonyl (C=O) groups is 1. The van der Waals surface area contributed by atoms with Crippen molar-refractivity contribution in [2.24, 2.45) is 0 Å². The van der Waals surface area contributed by atoms with Crippen LogP contribution in [0.15, 0.2) is 18.2 Å². The van der Waals surface area contributed by atoms with Crippen molar-refractivity contribution in [3.05, 3.63) is 23.8 Å². The fourth-order valence-electron chi connectivity index (χ4n) is 1.29. The number of anilines is 1. The lowest BCUT2D eigenvalue weighted by molar-refractivity contribution is -0.00568. The highest BCUT2D eigenvalue weighted by Crippen LogP contribution is 2.21. The Kier molecular flexibility index (Phi) is 4.55. The van der Waals surface area contributed by atoms with Crippen LogP contribution in [0.2, 0.25) is 0 Å². The highest BCUT2D eigenvalue weighted by Gasteiger charge is 2.18. The van der Waals surface area contributed by atoms with Gasteiger partial charge >= 0.3 is 5.97 Å². The van der Waals surface area contributed by atoms with Crippen molar-refractivity contribution < 1.29 is 19.4 Å². The Hall–Kier alpha value is -1.75. The van der Waals surface area contributed by atoms with Crippen molar-refractivity contribution in [3.63, 3.8) is 0 Å². The molecule has 0 bridgehead atoms. The number of hydrogen-bond acceptors (Lipinski definition) is 5. The fraction of sp³-hybridized carbons (Fsp3) is 0.462. The van der Waals surface area contributed by atoms with Crippen molar-refractivity contribution in [1.82, 2.24) is 0 Å². The zero-order valence-electron chi connectivity index (χ0n) is 10.9. The van der Waals surface area contributed by atoms with Gasteiger partial charge < -0.3 is 20.3 Å². The van der Waals surface area contributed by atoms with E-state index in [4.69, 9.17) is 15.2 Å². The highest BCUT2D eigenvalue weighted by molar-refractivity contribution is 5.92. The maximum absolute atomic E-state index is 11.7. The third kappa shape index (κ3) is 3.92. The predicted molar refractivity (Wildman–Crippen MR) is 68.5 cm³/mol. The molecular weight excluding hydrogens is 234 g/mol. The molecule has 5 nitrogen and oxygen atoms in total. The Balaban J connectivity index is 2.56. The number of benzene rings is 1. The molecule has 1 aromatic rings. The second-order valence-electron chi connectivity index (χ2n) is 4.63. The van der Waals surface area contributed by atoms with Crippen LogP contribution in [0.1, 0.15) is 30.6 Å². The third-order valence-electron chi connectivity index (χ3n) is 2.73. The summed E-state index contributed by atoms with van der Waals surface area (Å²) in [5.74, 6) is -0.745. The first kappa shape index (κ1) is 14.3. The maximum atomic E-state index is 11.7. The number of hydrogen-bond donors (Lipinski definition) is 2. The smallest absolute Gasteiger partial charge is 0.341 e. The number of methoxy groups -OCH3 is 1. The molecule has 0 aliphatic heterocycles. The van der Waals surface area contributed by atoms with Gasteiger partial charge in [0.1, 0.15) is 11.3 Å². The molecule has 0 fully saturated rings. The Labute approximate surface area is 107 Å². The number of aromatic hydroxyl groups is 1. The lowest BCUT2D eigenvalue weighted by atomic mass is 10.1. The zero-order chi connectivity index (χ0) is 13.8. The standard InChI is InChI=1S/C13H19NO4/c1-13(2,17-3)6-7-18-12(16)10-5-4-9(14)8-11(10)15/h4-5,8,15H,6-7,14H2,1-3H3. The van der Waals surface area contributed by atoms with E-state index in [1.54, 1.807) is 7.11 Å². The summed E-state index contributed by atoms with van der Waals surface area (Å²) >= 11 is 0. The molecule has 100 valence electrons. The van der Waals surface area contributed by atoms with Crippen molar-refractivity contribution in [2.45, 2.75) is 25.9 Å². The van der Waals surface area contributed by atoms with Crippen LogP contribution in [0, 0.1) is 0 Å². The summed E-state index contributed by atoms with van der Waals surface area (Å²) in [4.78, 5) is 11.7. The topological polar surface area (TPSA) is 81.8 Å². The summed E-state index contributed by atoms with van der Waals surface area (Å²) in [7, 11) is 1.60. The van der Waals surface area contributed by atoms with Gasteiger partial charge in [0, 0.05) is 25.3 Å². The first-order chi connectivity index (χ1) is 8.35. The third-order valence-corrected chi connectivity index (χ3v) is 2.73. The predicted octanol–water partition coefficient (Wildman–Crippen LogP) is 1.95. The summed E-state index contributed by atoms with van der Waals surface area (Å²) in [6, 6.07) is 4.29. The van der Waals surface area contributed by atoms with Crippen LogP contribution >= 0.6 is 0 Å². The Morgan fingerprint density at radius 2 is 2.11 bits per heavy atom. The molecule has 0 amide bonds. The maximum Gasteiger partial charge on any atom is 0.341 e. The van der Waals surface area contributed by atoms with E-state index in [0.717, 1.165) is 0 Å². The number of ether oxygens (including phenoxy) is 2. The molecule has 0 radical (unpaired) electrons. The van der Waals surface area contributed by atoms with E-state index in [0.29, 0.717) is 12.1 Å². The SMILES string of the molecule is COC(C)(C)CCOC(=O)c1ccc(N)cc1O. The number of phenolic OH excluding ortho intramolecular Hbond substituents is 1. The van der Waals surface area contributed by atoms with Crippen LogP contribution in [0.4, 0.5) is 5.69 Å². The number of nitrogens with two attached hydrogens (primary N) is 1. The molecule has 0 saturated carbocycles. The van der Waals surface area contributed by atoms with E-state index in [1.807, 2.05) is 13.8 Å². The second-order valence-corrected chi connectivity index (χ2v) is 4.63. The first-order valence-corrected chi connectivity index (χ1v) is 5.66. The Morgan fingerprint density at radius 3 is 2.67 bits per heavy atom. The highest BCUT2D eigenvalue weighted by atomic mass is 16.5.